The minimum Gasteiger partial charge on any atom is -0.508 e. The van der Waals surface area contributed by atoms with Crippen LogP contribution in [0.4, 0.5) is 13.2 Å². The van der Waals surface area contributed by atoms with Gasteiger partial charge in [0.05, 0.1) is 18.7 Å². The Hall–Kier alpha value is -13.9. The molecule has 0 aliphatic carbocycles. The number of aromatic amines is 1. The minimum absolute atomic E-state index is 0.00350. The topological polar surface area (TPSA) is 526 Å². The first-order chi connectivity index (χ1) is 64.9. The Morgan fingerprint density at radius 3 is 1.54 bits per heavy atom. The predicted molar refractivity (Wildman–Crippen MR) is 495 cm³/mol. The highest BCUT2D eigenvalue weighted by Gasteiger charge is 2.47. The fourth-order valence-electron chi connectivity index (χ4n) is 16.9. The maximum absolute atomic E-state index is 15.8. The second-order valence-corrected chi connectivity index (χ2v) is 35.7. The zero-order chi connectivity index (χ0) is 98.7. The number of rotatable bonds is 24. The quantitative estimate of drug-likeness (QED) is 0.0386. The Bertz CT molecular complexity index is 5430. The lowest BCUT2D eigenvalue weighted by Gasteiger charge is -2.38. The number of unbranched alkanes of at least 4 members (excludes halogenated alkanes) is 1. The Balaban J connectivity index is 1.06. The number of thioether (sulfide) groups is 1. The number of aliphatic carboxylic acids is 1. The number of primary amides is 1. The van der Waals surface area contributed by atoms with E-state index in [9.17, 15) is 53.3 Å². The largest absolute Gasteiger partial charge is 0.508 e. The molecule has 1 aromatic heterocycles. The van der Waals surface area contributed by atoms with E-state index in [1.807, 2.05) is 0 Å². The Morgan fingerprint density at radius 2 is 0.971 bits per heavy atom. The number of carboxylic acid groups (broad SMARTS) is 1. The number of phenolic OH excluding ortho intramolecular Hbond substituents is 2. The van der Waals surface area contributed by atoms with Crippen LogP contribution >= 0.6 is 11.8 Å². The van der Waals surface area contributed by atoms with Gasteiger partial charge >= 0.3 is 5.97 Å². The molecule has 7 aromatic rings. The smallest absolute Gasteiger partial charge is 0.305 e. The summed E-state index contributed by atoms with van der Waals surface area (Å²) in [6.07, 6.45) is -0.874. The minimum atomic E-state index is -1.95. The number of carboxylic acids is 1. The second-order valence-electron chi connectivity index (χ2n) is 34.6. The third-order valence-corrected chi connectivity index (χ3v) is 25.4. The number of nitrogens with two attached hydrogens (primary N) is 2. The number of H-pyrrole nitrogens is 1. The average Bonchev–Trinajstić information content (AvgIpc) is 1.42. The maximum Gasteiger partial charge on any atom is 0.305 e. The van der Waals surface area contributed by atoms with Crippen molar-refractivity contribution >= 4 is 117 Å². The molecule has 0 spiro atoms. The molecular formula is C96H118F3N17O19S. The summed E-state index contributed by atoms with van der Waals surface area (Å²) in [5.74, 6) is -23.8. The molecule has 0 bridgehead atoms. The standard InChI is InChI=1S/C96H118F3N17O19S/c1-7-8-27-76-95(134)116-40-19-29-75(116)90(129)108-70(49-81(121)122)88(127)111-83(54(2)3)96(135)113(5)77(46-55-20-11-9-12-21-55)91(130)109-72(44-58-32-36-62(118)37-33-58)93(132)115-39-18-28-74(115)89(128)107-69(48-60-50-102-66-25-16-15-24-63(60)66)87(126)106-68(43-57-30-34-61(117)35-31-57)86(125)105-67(26-17-38-100)85(124)110-73(84(123)103-51-79(101)119)52-136-53-80(120)104-71(45-59-41-64(97)82(99)65(98)42-59)92(131)114(6)78(94(133)112(76)4)47-56-22-13-10-14-23-56/h9-16,20-25,30-37,41-42,50,54,67-78,83,102,117-118H,7-8,17-19,26-29,38-40,43-49,51-53,100H2,1-6H3,(H2,101,119)(H,103,123)(H,104,120)(H,105,125)(H,106,126)(H,107,128)(H,108,129)(H,109,130)(H,110,124)(H,111,127)(H,121,122)/t67-,68-,69-,70-,71-,72-,73-,74+,75+,76-,77-,78-,83-/m0/s1. The molecule has 3 fully saturated rings. The van der Waals surface area contributed by atoms with Gasteiger partial charge in [-0.25, -0.2) is 13.2 Å². The van der Waals surface area contributed by atoms with Gasteiger partial charge in [0, 0.05) is 95.6 Å². The normalized spacial score (nSPS) is 23.3. The summed E-state index contributed by atoms with van der Waals surface area (Å²) in [6, 6.07) is 15.1. The molecule has 4 heterocycles. The van der Waals surface area contributed by atoms with Crippen molar-refractivity contribution in [2.45, 2.75) is 202 Å². The SMILES string of the molecule is CCCC[C@H]1C(=O)N2CCC[C@@H]2C(=O)N[C@@H](CC(=O)O)C(=O)N[C@@H](C(C)C)C(=O)N(C)[C@@H](Cc2ccccc2)C(=O)N[C@@H](Cc2ccc(O)cc2)C(=O)N2CCC[C@@H]2C(=O)N[C@@H](Cc2c[nH]c3ccccc23)C(=O)N[C@@H](Cc2ccc(O)cc2)C(=O)N[C@@H](CCCN)C(=O)N[C@H](C(=O)NCC(N)=O)CSCC(=O)N[C@@H](Cc2cc(F)c(F)c(F)c2)C(=O)N(C)[C@@H](Cc2ccccc2)C(=O)N1C. The van der Waals surface area contributed by atoms with Gasteiger partial charge in [0.15, 0.2) is 17.5 Å². The van der Waals surface area contributed by atoms with E-state index in [0.29, 0.717) is 75.5 Å². The van der Waals surface area contributed by atoms with Crippen LogP contribution in [0.2, 0.25) is 0 Å². The number of fused-ring (bicyclic) bond motifs is 3. The van der Waals surface area contributed by atoms with Gasteiger partial charge < -0.3 is 104 Å². The monoisotopic (exact) mass is 1900 g/mol. The van der Waals surface area contributed by atoms with Crippen LogP contribution in [0.5, 0.6) is 11.5 Å². The molecular weight excluding hydrogens is 1780 g/mol. The molecule has 13 atom stereocenters. The highest BCUT2D eigenvalue weighted by molar-refractivity contribution is 8.00. The van der Waals surface area contributed by atoms with Gasteiger partial charge in [-0.1, -0.05) is 137 Å². The van der Waals surface area contributed by atoms with E-state index < -0.39 is 227 Å². The van der Waals surface area contributed by atoms with E-state index in [4.69, 9.17) is 11.5 Å². The van der Waals surface area contributed by atoms with Crippen molar-refractivity contribution in [3.8, 4) is 11.5 Å². The van der Waals surface area contributed by atoms with Crippen molar-refractivity contribution in [2.24, 2.45) is 17.4 Å². The van der Waals surface area contributed by atoms with E-state index in [0.717, 1.165) is 14.7 Å². The highest BCUT2D eigenvalue weighted by atomic mass is 32.2. The molecule has 3 aliphatic heterocycles. The molecule has 40 heteroatoms. The number of carbonyl (C=O) groups excluding carboxylic acids is 15. The van der Waals surface area contributed by atoms with Crippen molar-refractivity contribution in [3.05, 3.63) is 203 Å². The van der Waals surface area contributed by atoms with Gasteiger partial charge in [-0.3, -0.25) is 76.7 Å². The van der Waals surface area contributed by atoms with E-state index >= 15 is 51.9 Å². The van der Waals surface area contributed by atoms with Gasteiger partial charge in [0.25, 0.3) is 0 Å². The number of nitrogens with zero attached hydrogens (tertiary/aromatic N) is 5. The number of para-hydroxylation sites is 1. The Kier molecular flexibility index (Phi) is 37.8. The van der Waals surface area contributed by atoms with E-state index in [1.165, 1.54) is 79.5 Å². The summed E-state index contributed by atoms with van der Waals surface area (Å²) in [5.41, 5.74) is 13.9. The summed E-state index contributed by atoms with van der Waals surface area (Å²) in [5, 5.41) is 55.6. The van der Waals surface area contributed by atoms with Gasteiger partial charge in [-0.2, -0.15) is 0 Å². The molecule has 36 nitrogen and oxygen atoms in total. The molecule has 0 unspecified atom stereocenters. The number of aromatic nitrogens is 1. The number of phenols is 2. The van der Waals surface area contributed by atoms with Crippen LogP contribution in [0.3, 0.4) is 0 Å². The van der Waals surface area contributed by atoms with E-state index in [1.54, 1.807) is 112 Å². The van der Waals surface area contributed by atoms with E-state index in [2.05, 4.69) is 52.8 Å². The molecule has 3 aliphatic rings. The number of benzene rings is 6. The van der Waals surface area contributed by atoms with Crippen LogP contribution in [0, 0.1) is 23.4 Å². The number of amides is 15. The molecule has 3 saturated heterocycles. The summed E-state index contributed by atoms with van der Waals surface area (Å²) in [7, 11) is 3.77. The van der Waals surface area contributed by atoms with Crippen LogP contribution < -0.4 is 59.3 Å². The van der Waals surface area contributed by atoms with Crippen molar-refractivity contribution < 1.29 is 105 Å². The Labute approximate surface area is 788 Å². The number of carbonyl (C=O) groups is 16. The van der Waals surface area contributed by atoms with Crippen LogP contribution in [-0.4, -0.2) is 277 Å². The van der Waals surface area contributed by atoms with Crippen molar-refractivity contribution in [2.75, 3.05) is 58.8 Å². The van der Waals surface area contributed by atoms with E-state index in [-0.39, 0.29) is 114 Å². The fraction of sp³-hybridized carbons (Fsp3) is 0.438. The third kappa shape index (κ3) is 28.3. The summed E-state index contributed by atoms with van der Waals surface area (Å²) >= 11 is 0.662. The lowest BCUT2D eigenvalue weighted by molar-refractivity contribution is -0.152. The fourth-order valence-corrected chi connectivity index (χ4v) is 17.8. The van der Waals surface area contributed by atoms with Crippen LogP contribution in [0.25, 0.3) is 10.9 Å². The first-order valence-electron chi connectivity index (χ1n) is 45.1. The summed E-state index contributed by atoms with van der Waals surface area (Å²) < 4.78 is 45.1. The number of likely N-dealkylation sites (N-methyl/N-ethyl adjacent to an activating group) is 3. The molecule has 17 N–H and O–H groups in total. The van der Waals surface area contributed by atoms with Crippen molar-refractivity contribution in [3.63, 3.8) is 0 Å². The zero-order valence-corrected chi connectivity index (χ0v) is 77.2. The lowest BCUT2D eigenvalue weighted by atomic mass is 9.98. The number of halogens is 3. The summed E-state index contributed by atoms with van der Waals surface area (Å²) in [6.45, 7) is 3.88. The maximum atomic E-state index is 15.8. The zero-order valence-electron chi connectivity index (χ0n) is 76.4. The molecule has 728 valence electrons. The first-order valence-corrected chi connectivity index (χ1v) is 46.3. The molecule has 6 aromatic carbocycles. The lowest BCUT2D eigenvalue weighted by Crippen LogP contribution is -2.62. The molecule has 0 radical (unpaired) electrons. The third-order valence-electron chi connectivity index (χ3n) is 24.4. The van der Waals surface area contributed by atoms with Gasteiger partial charge in [0.2, 0.25) is 88.6 Å². The van der Waals surface area contributed by atoms with Crippen LogP contribution in [-0.2, 0) is 115 Å². The van der Waals surface area contributed by atoms with Crippen molar-refractivity contribution in [1.82, 2.24) is 77.3 Å². The van der Waals surface area contributed by atoms with Gasteiger partial charge in [-0.05, 0) is 133 Å². The van der Waals surface area contributed by atoms with Gasteiger partial charge in [-0.15, -0.1) is 11.8 Å². The molecule has 136 heavy (non-hydrogen) atoms. The number of hydrogen-bond donors (Lipinski definition) is 15. The molecule has 10 rings (SSSR count). The summed E-state index contributed by atoms with van der Waals surface area (Å²) in [4.78, 5) is 247. The number of aromatic hydroxyl groups is 2. The van der Waals surface area contributed by atoms with Crippen molar-refractivity contribution in [1.29, 1.82) is 0 Å². The molecule has 0 saturated carbocycles. The highest BCUT2D eigenvalue weighted by Crippen LogP contribution is 2.29. The van der Waals surface area contributed by atoms with Crippen LogP contribution in [0.1, 0.15) is 118 Å². The predicted octanol–water partition coefficient (Wildman–Crippen LogP) is 2.50. The Morgan fingerprint density at radius 1 is 0.493 bits per heavy atom. The first kappa shape index (κ1) is 104. The number of nitrogens with one attached hydrogen (secondary N) is 10. The van der Waals surface area contributed by atoms with Gasteiger partial charge in [0.1, 0.15) is 90.0 Å². The number of hydrogen-bond acceptors (Lipinski definition) is 20. The second kappa shape index (κ2) is 49.4. The molecule has 15 amide bonds. The van der Waals surface area contributed by atoms with Crippen LogP contribution in [0.15, 0.2) is 152 Å². The average molecular weight is 1900 g/mol.